The number of para-hydroxylation sites is 1. The largest absolute Gasteiger partial charge is 0.319 e. The summed E-state index contributed by atoms with van der Waals surface area (Å²) in [7, 11) is 0. The first-order valence-corrected chi connectivity index (χ1v) is 5.72. The van der Waals surface area contributed by atoms with Gasteiger partial charge < -0.3 is 10.7 Å². The Morgan fingerprint density at radius 3 is 2.70 bits per heavy atom. The Morgan fingerprint density at radius 1 is 1.30 bits per heavy atom. The monoisotopic (exact) mass is 278 g/mol. The SMILES string of the molecule is Cc1cccc(F)c1NC(=O)c1ccnc(NN)c1F. The highest BCUT2D eigenvalue weighted by Gasteiger charge is 2.17. The number of aryl methyl sites for hydroxylation is 1. The van der Waals surface area contributed by atoms with Crippen molar-refractivity contribution in [2.24, 2.45) is 5.84 Å². The van der Waals surface area contributed by atoms with E-state index in [1.54, 1.807) is 13.0 Å². The van der Waals surface area contributed by atoms with E-state index in [9.17, 15) is 13.6 Å². The minimum absolute atomic E-state index is 0.0102. The molecule has 0 aliphatic rings. The lowest BCUT2D eigenvalue weighted by molar-refractivity contribution is 0.102. The summed E-state index contributed by atoms with van der Waals surface area (Å²) in [6.07, 6.45) is 1.22. The van der Waals surface area contributed by atoms with E-state index in [0.29, 0.717) is 5.56 Å². The summed E-state index contributed by atoms with van der Waals surface area (Å²) >= 11 is 0. The Morgan fingerprint density at radius 2 is 2.05 bits per heavy atom. The van der Waals surface area contributed by atoms with E-state index in [1.807, 2.05) is 5.43 Å². The van der Waals surface area contributed by atoms with Crippen LogP contribution < -0.4 is 16.6 Å². The van der Waals surface area contributed by atoms with Crippen molar-refractivity contribution >= 4 is 17.4 Å². The van der Waals surface area contributed by atoms with Crippen molar-refractivity contribution in [2.45, 2.75) is 6.92 Å². The number of amides is 1. The van der Waals surface area contributed by atoms with Crippen LogP contribution in [0.4, 0.5) is 20.3 Å². The van der Waals surface area contributed by atoms with Gasteiger partial charge in [-0.3, -0.25) is 4.79 Å². The van der Waals surface area contributed by atoms with Crippen LogP contribution in [0.2, 0.25) is 0 Å². The van der Waals surface area contributed by atoms with Gasteiger partial charge in [-0.25, -0.2) is 19.6 Å². The summed E-state index contributed by atoms with van der Waals surface area (Å²) in [6.45, 7) is 1.63. The number of carbonyl (C=O) groups excluding carboxylic acids is 1. The first-order valence-electron chi connectivity index (χ1n) is 5.72. The van der Waals surface area contributed by atoms with E-state index < -0.39 is 17.5 Å². The molecule has 20 heavy (non-hydrogen) atoms. The van der Waals surface area contributed by atoms with Gasteiger partial charge in [0.2, 0.25) is 0 Å². The van der Waals surface area contributed by atoms with Crippen LogP contribution in [0.1, 0.15) is 15.9 Å². The molecule has 1 heterocycles. The summed E-state index contributed by atoms with van der Waals surface area (Å²) < 4.78 is 27.5. The molecule has 0 unspecified atom stereocenters. The number of halogens is 2. The summed E-state index contributed by atoms with van der Waals surface area (Å²) in [5.41, 5.74) is 2.30. The lowest BCUT2D eigenvalue weighted by Crippen LogP contribution is -2.18. The maximum atomic E-state index is 13.9. The number of hydrogen-bond donors (Lipinski definition) is 3. The molecule has 0 aliphatic heterocycles. The lowest BCUT2D eigenvalue weighted by atomic mass is 10.1. The molecule has 0 saturated carbocycles. The quantitative estimate of drug-likeness (QED) is 0.594. The number of pyridine rings is 1. The number of benzene rings is 1. The predicted molar refractivity (Wildman–Crippen MR) is 71.1 cm³/mol. The lowest BCUT2D eigenvalue weighted by Gasteiger charge is -2.10. The number of hydrazine groups is 1. The molecule has 0 radical (unpaired) electrons. The number of nitrogens with one attached hydrogen (secondary N) is 2. The molecule has 0 spiro atoms. The summed E-state index contributed by atoms with van der Waals surface area (Å²) in [4.78, 5) is 15.6. The molecular formula is C13H12F2N4O. The summed E-state index contributed by atoms with van der Waals surface area (Å²) in [5, 5.41) is 2.34. The van der Waals surface area contributed by atoms with Gasteiger partial charge in [-0.05, 0) is 24.6 Å². The number of carbonyl (C=O) groups is 1. The van der Waals surface area contributed by atoms with E-state index >= 15 is 0 Å². The molecule has 0 saturated heterocycles. The molecular weight excluding hydrogens is 266 g/mol. The number of nitrogens with zero attached hydrogens (tertiary/aromatic N) is 1. The minimum Gasteiger partial charge on any atom is -0.319 e. The second kappa shape index (κ2) is 5.62. The van der Waals surface area contributed by atoms with Gasteiger partial charge in [-0.2, -0.15) is 0 Å². The van der Waals surface area contributed by atoms with Crippen LogP contribution >= 0.6 is 0 Å². The fourth-order valence-electron chi connectivity index (χ4n) is 1.69. The highest BCUT2D eigenvalue weighted by Crippen LogP contribution is 2.21. The standard InChI is InChI=1S/C13H12F2N4O/c1-7-3-2-4-9(14)11(7)18-13(20)8-5-6-17-12(19-16)10(8)15/h2-6H,16H2,1H3,(H,17,19)(H,18,20). The van der Waals surface area contributed by atoms with Gasteiger partial charge in [0.1, 0.15) is 5.82 Å². The molecule has 4 N–H and O–H groups in total. The molecule has 0 bridgehead atoms. The third-order valence-electron chi connectivity index (χ3n) is 2.73. The molecule has 5 nitrogen and oxygen atoms in total. The Hall–Kier alpha value is -2.54. The molecule has 104 valence electrons. The average Bonchev–Trinajstić information content (AvgIpc) is 2.43. The highest BCUT2D eigenvalue weighted by molar-refractivity contribution is 6.05. The van der Waals surface area contributed by atoms with Crippen molar-refractivity contribution in [3.63, 3.8) is 0 Å². The van der Waals surface area contributed by atoms with Gasteiger partial charge >= 0.3 is 0 Å². The number of nitrogens with two attached hydrogens (primary N) is 1. The second-order valence-electron chi connectivity index (χ2n) is 4.05. The number of hydrogen-bond acceptors (Lipinski definition) is 4. The second-order valence-corrected chi connectivity index (χ2v) is 4.05. The number of aromatic nitrogens is 1. The summed E-state index contributed by atoms with van der Waals surface area (Å²) in [5.74, 6) is 2.54. The van der Waals surface area contributed by atoms with Gasteiger partial charge in [-0.1, -0.05) is 12.1 Å². The maximum absolute atomic E-state index is 13.9. The smallest absolute Gasteiger partial charge is 0.258 e. The molecule has 0 aliphatic carbocycles. The van der Waals surface area contributed by atoms with Crippen molar-refractivity contribution in [3.05, 3.63) is 53.2 Å². The fraction of sp³-hybridized carbons (Fsp3) is 0.0769. The first kappa shape index (κ1) is 13.9. The van der Waals surface area contributed by atoms with Crippen molar-refractivity contribution in [2.75, 3.05) is 10.7 Å². The molecule has 2 aromatic rings. The van der Waals surface area contributed by atoms with Crippen molar-refractivity contribution < 1.29 is 13.6 Å². The number of rotatable bonds is 3. The topological polar surface area (TPSA) is 80.0 Å². The Bertz CT molecular complexity index is 641. The van der Waals surface area contributed by atoms with Crippen LogP contribution in [-0.2, 0) is 0 Å². The van der Waals surface area contributed by atoms with Gasteiger partial charge in [0.25, 0.3) is 5.91 Å². The fourth-order valence-corrected chi connectivity index (χ4v) is 1.69. The Balaban J connectivity index is 2.34. The van der Waals surface area contributed by atoms with Crippen LogP contribution in [0.5, 0.6) is 0 Å². The van der Waals surface area contributed by atoms with Crippen LogP contribution in [0, 0.1) is 18.6 Å². The Kier molecular flexibility index (Phi) is 3.90. The van der Waals surface area contributed by atoms with Crippen molar-refractivity contribution in [1.82, 2.24) is 4.98 Å². The third-order valence-corrected chi connectivity index (χ3v) is 2.73. The van der Waals surface area contributed by atoms with Gasteiger partial charge in [-0.15, -0.1) is 0 Å². The number of anilines is 2. The van der Waals surface area contributed by atoms with Crippen LogP contribution in [0.25, 0.3) is 0 Å². The van der Waals surface area contributed by atoms with E-state index in [0.717, 1.165) is 0 Å². The molecule has 2 rings (SSSR count). The molecule has 1 aromatic carbocycles. The van der Waals surface area contributed by atoms with Crippen LogP contribution in [0.3, 0.4) is 0 Å². The van der Waals surface area contributed by atoms with E-state index in [1.165, 1.54) is 24.4 Å². The maximum Gasteiger partial charge on any atom is 0.258 e. The van der Waals surface area contributed by atoms with Gasteiger partial charge in [0.15, 0.2) is 11.6 Å². The molecule has 1 aromatic heterocycles. The first-order chi connectivity index (χ1) is 9.54. The van der Waals surface area contributed by atoms with Gasteiger partial charge in [0, 0.05) is 6.20 Å². The van der Waals surface area contributed by atoms with Crippen molar-refractivity contribution in [1.29, 1.82) is 0 Å². The predicted octanol–water partition coefficient (Wildman–Crippen LogP) is 2.21. The zero-order valence-corrected chi connectivity index (χ0v) is 10.6. The molecule has 1 amide bonds. The average molecular weight is 278 g/mol. The molecule has 0 atom stereocenters. The minimum atomic E-state index is -0.901. The molecule has 0 fully saturated rings. The normalized spacial score (nSPS) is 10.2. The third kappa shape index (κ3) is 2.57. The van der Waals surface area contributed by atoms with Crippen molar-refractivity contribution in [3.8, 4) is 0 Å². The molecule has 7 heteroatoms. The van der Waals surface area contributed by atoms with E-state index in [-0.39, 0.29) is 17.1 Å². The van der Waals surface area contributed by atoms with Gasteiger partial charge in [0.05, 0.1) is 11.3 Å². The van der Waals surface area contributed by atoms with Crippen LogP contribution in [0.15, 0.2) is 30.5 Å². The van der Waals surface area contributed by atoms with E-state index in [4.69, 9.17) is 5.84 Å². The summed E-state index contributed by atoms with van der Waals surface area (Å²) in [6, 6.07) is 5.54. The van der Waals surface area contributed by atoms with E-state index in [2.05, 4.69) is 10.3 Å². The highest BCUT2D eigenvalue weighted by atomic mass is 19.1. The van der Waals surface area contributed by atoms with Crippen LogP contribution in [-0.4, -0.2) is 10.9 Å². The number of nitrogen functional groups attached to an aromatic ring is 1. The zero-order chi connectivity index (χ0) is 14.7. The zero-order valence-electron chi connectivity index (χ0n) is 10.6. The Labute approximate surface area is 113 Å².